The van der Waals surface area contributed by atoms with Crippen LogP contribution in [0, 0.1) is 12.3 Å². The maximum Gasteiger partial charge on any atom is 0.0462 e. The molecule has 0 aromatic carbocycles. The van der Waals surface area contributed by atoms with Gasteiger partial charge in [-0.2, -0.15) is 0 Å². The molecule has 51 valence electrons. The van der Waals surface area contributed by atoms with E-state index in [1.807, 2.05) is 0 Å². The summed E-state index contributed by atoms with van der Waals surface area (Å²) < 4.78 is 4.85. The van der Waals surface area contributed by atoms with Crippen LogP contribution >= 0.6 is 0 Å². The average Bonchev–Trinajstić information content (AvgIpc) is 1.89. The van der Waals surface area contributed by atoms with E-state index in [2.05, 4.69) is 5.92 Å². The van der Waals surface area contributed by atoms with Crippen LogP contribution in [0.5, 0.6) is 0 Å². The van der Waals surface area contributed by atoms with Gasteiger partial charge in [-0.15, -0.1) is 0 Å². The second-order valence-electron chi connectivity index (χ2n) is 1.98. The van der Waals surface area contributed by atoms with Crippen LogP contribution in [0.25, 0.3) is 0 Å². The van der Waals surface area contributed by atoms with Gasteiger partial charge in [0, 0.05) is 20.1 Å². The Hall–Kier alpha value is -0.480. The summed E-state index contributed by atoms with van der Waals surface area (Å²) in [4.78, 5) is 0. The molecule has 0 spiro atoms. The summed E-state index contributed by atoms with van der Waals surface area (Å²) in [5, 5.41) is 0. The Labute approximate surface area is 57.4 Å². The first-order valence-electron chi connectivity index (χ1n) is 3.30. The second kappa shape index (κ2) is 7.52. The Bertz CT molecular complexity index is 81.1. The summed E-state index contributed by atoms with van der Waals surface area (Å²) >= 11 is 0. The molecule has 0 aliphatic heterocycles. The minimum Gasteiger partial charge on any atom is -0.385 e. The molecule has 0 aromatic rings. The van der Waals surface area contributed by atoms with E-state index in [1.165, 1.54) is 0 Å². The molecule has 0 N–H and O–H groups in total. The number of unbranched alkanes of at least 4 members (excludes halogenated alkanes) is 3. The van der Waals surface area contributed by atoms with Gasteiger partial charge >= 0.3 is 0 Å². The first-order valence-corrected chi connectivity index (χ1v) is 3.30. The fraction of sp³-hybridized carbons (Fsp3) is 0.750. The van der Waals surface area contributed by atoms with Gasteiger partial charge in [0.1, 0.15) is 0 Å². The lowest BCUT2D eigenvalue weighted by Gasteiger charge is -1.95. The van der Waals surface area contributed by atoms with E-state index in [4.69, 9.17) is 11.2 Å². The highest BCUT2D eigenvalue weighted by Gasteiger charge is 1.84. The third kappa shape index (κ3) is 7.52. The van der Waals surface area contributed by atoms with Crippen molar-refractivity contribution in [3.05, 3.63) is 6.42 Å². The molecule has 0 unspecified atom stereocenters. The lowest BCUT2D eigenvalue weighted by Crippen LogP contribution is -1.87. The molecular formula is C8H13O. The summed E-state index contributed by atoms with van der Waals surface area (Å²) in [6.45, 7) is 0.845. The van der Waals surface area contributed by atoms with Crippen molar-refractivity contribution in [3.8, 4) is 5.92 Å². The maximum atomic E-state index is 6.60. The zero-order valence-corrected chi connectivity index (χ0v) is 5.94. The smallest absolute Gasteiger partial charge is 0.0462 e. The summed E-state index contributed by atoms with van der Waals surface area (Å²) in [6.07, 6.45) is 10.7. The Morgan fingerprint density at radius 2 is 2.11 bits per heavy atom. The van der Waals surface area contributed by atoms with Crippen LogP contribution in [0.15, 0.2) is 0 Å². The molecule has 0 aliphatic carbocycles. The Morgan fingerprint density at radius 3 is 2.67 bits per heavy atom. The monoisotopic (exact) mass is 125 g/mol. The minimum atomic E-state index is 0.795. The molecule has 0 rings (SSSR count). The van der Waals surface area contributed by atoms with Crippen LogP contribution < -0.4 is 0 Å². The fourth-order valence-electron chi connectivity index (χ4n) is 0.637. The lowest BCUT2D eigenvalue weighted by molar-refractivity contribution is 0.192. The number of rotatable bonds is 5. The highest BCUT2D eigenvalue weighted by atomic mass is 16.5. The second-order valence-corrected chi connectivity index (χ2v) is 1.98. The van der Waals surface area contributed by atoms with Gasteiger partial charge in [-0.1, -0.05) is 12.3 Å². The minimum absolute atomic E-state index is 0.795. The van der Waals surface area contributed by atoms with Gasteiger partial charge in [0.05, 0.1) is 0 Å². The van der Waals surface area contributed by atoms with Crippen LogP contribution in [-0.2, 0) is 4.74 Å². The van der Waals surface area contributed by atoms with E-state index >= 15 is 0 Å². The third-order valence-electron chi connectivity index (χ3n) is 1.15. The normalized spacial score (nSPS) is 8.89. The summed E-state index contributed by atoms with van der Waals surface area (Å²) in [7, 11) is 1.71. The topological polar surface area (TPSA) is 9.23 Å². The van der Waals surface area contributed by atoms with Gasteiger partial charge in [-0.3, -0.25) is 0 Å². The van der Waals surface area contributed by atoms with Gasteiger partial charge in [0.2, 0.25) is 0 Å². The summed E-state index contributed by atoms with van der Waals surface area (Å²) in [6, 6.07) is 0. The number of hydrogen-bond donors (Lipinski definition) is 0. The first-order chi connectivity index (χ1) is 4.41. The van der Waals surface area contributed by atoms with Crippen molar-refractivity contribution in [2.24, 2.45) is 0 Å². The van der Waals surface area contributed by atoms with Crippen molar-refractivity contribution in [1.29, 1.82) is 0 Å². The predicted octanol–water partition coefficient (Wildman–Crippen LogP) is 1.78. The Morgan fingerprint density at radius 1 is 1.33 bits per heavy atom. The number of hydrogen-bond acceptors (Lipinski definition) is 1. The molecule has 0 heterocycles. The maximum absolute atomic E-state index is 6.60. The van der Waals surface area contributed by atoms with Gasteiger partial charge in [-0.05, 0) is 19.3 Å². The quantitative estimate of drug-likeness (QED) is 0.402. The Kier molecular flexibility index (Phi) is 7.12. The van der Waals surface area contributed by atoms with Crippen LogP contribution in [0.1, 0.15) is 25.7 Å². The van der Waals surface area contributed by atoms with E-state index in [-0.39, 0.29) is 0 Å². The van der Waals surface area contributed by atoms with E-state index in [0.29, 0.717) is 0 Å². The molecule has 0 bridgehead atoms. The van der Waals surface area contributed by atoms with Gasteiger partial charge in [0.15, 0.2) is 0 Å². The van der Waals surface area contributed by atoms with Gasteiger partial charge in [-0.25, -0.2) is 0 Å². The average molecular weight is 125 g/mol. The van der Waals surface area contributed by atoms with Crippen molar-refractivity contribution in [2.75, 3.05) is 13.7 Å². The SMILES string of the molecule is [C]#CCCCCCOC. The molecule has 0 saturated carbocycles. The van der Waals surface area contributed by atoms with Crippen molar-refractivity contribution in [2.45, 2.75) is 25.7 Å². The predicted molar refractivity (Wildman–Crippen MR) is 37.5 cm³/mol. The fourth-order valence-corrected chi connectivity index (χ4v) is 0.637. The molecule has 0 atom stereocenters. The molecule has 1 nitrogen and oxygen atoms in total. The van der Waals surface area contributed by atoms with Crippen molar-refractivity contribution < 1.29 is 4.74 Å². The molecule has 1 heteroatoms. The first kappa shape index (κ1) is 8.52. The largest absolute Gasteiger partial charge is 0.385 e. The van der Waals surface area contributed by atoms with E-state index < -0.39 is 0 Å². The van der Waals surface area contributed by atoms with Crippen molar-refractivity contribution in [3.63, 3.8) is 0 Å². The lowest BCUT2D eigenvalue weighted by atomic mass is 10.2. The Balaban J connectivity index is 2.69. The van der Waals surface area contributed by atoms with E-state index in [0.717, 1.165) is 32.3 Å². The highest BCUT2D eigenvalue weighted by molar-refractivity contribution is 4.74. The van der Waals surface area contributed by atoms with Crippen molar-refractivity contribution in [1.82, 2.24) is 0 Å². The van der Waals surface area contributed by atoms with Gasteiger partial charge < -0.3 is 4.74 Å². The molecule has 0 aliphatic rings. The molecule has 0 fully saturated rings. The van der Waals surface area contributed by atoms with Crippen LogP contribution in [-0.4, -0.2) is 13.7 Å². The third-order valence-corrected chi connectivity index (χ3v) is 1.15. The molecule has 9 heavy (non-hydrogen) atoms. The van der Waals surface area contributed by atoms with Crippen molar-refractivity contribution >= 4 is 0 Å². The van der Waals surface area contributed by atoms with Gasteiger partial charge in [0.25, 0.3) is 0 Å². The zero-order valence-electron chi connectivity index (χ0n) is 5.94. The molecule has 0 amide bonds. The molecule has 0 aromatic heterocycles. The van der Waals surface area contributed by atoms with E-state index in [1.54, 1.807) is 7.11 Å². The summed E-state index contributed by atoms with van der Waals surface area (Å²) in [5.41, 5.74) is 0. The standard InChI is InChI=1S/C8H13O/c1-3-4-5-6-7-8-9-2/h4-8H2,2H3. The molecular weight excluding hydrogens is 112 g/mol. The summed E-state index contributed by atoms with van der Waals surface area (Å²) in [5.74, 6) is 2.35. The van der Waals surface area contributed by atoms with Crippen LogP contribution in [0.4, 0.5) is 0 Å². The molecule has 1 radical (unpaired) electrons. The van der Waals surface area contributed by atoms with E-state index in [9.17, 15) is 0 Å². The number of ether oxygens (including phenoxy) is 1. The van der Waals surface area contributed by atoms with Crippen LogP contribution in [0.3, 0.4) is 0 Å². The highest BCUT2D eigenvalue weighted by Crippen LogP contribution is 1.97. The van der Waals surface area contributed by atoms with Crippen LogP contribution in [0.2, 0.25) is 0 Å². The zero-order chi connectivity index (χ0) is 6.95. The number of methoxy groups -OCH3 is 1. The molecule has 0 saturated heterocycles.